The van der Waals surface area contributed by atoms with Gasteiger partial charge in [0.15, 0.2) is 10.3 Å². The number of benzene rings is 4. The Bertz CT molecular complexity index is 3540. The van der Waals surface area contributed by atoms with Crippen LogP contribution in [0.5, 0.6) is 23.0 Å². The van der Waals surface area contributed by atoms with Crippen LogP contribution in [0.1, 0.15) is 130 Å². The zero-order chi connectivity index (χ0) is 59.9. The van der Waals surface area contributed by atoms with Crippen molar-refractivity contribution in [2.75, 3.05) is 39.1 Å². The number of aryl methyl sites for hydroxylation is 6. The van der Waals surface area contributed by atoms with Gasteiger partial charge in [0.05, 0.1) is 85.9 Å². The van der Waals surface area contributed by atoms with E-state index in [1.807, 2.05) is 64.1 Å². The zero-order valence-electron chi connectivity index (χ0n) is 52.2. The number of methoxy groups -OCH3 is 4. The van der Waals surface area contributed by atoms with Crippen LogP contribution >= 0.6 is 45.9 Å². The number of anilines is 2. The fourth-order valence-corrected chi connectivity index (χ4v) is 14.6. The summed E-state index contributed by atoms with van der Waals surface area (Å²) in [6.07, 6.45) is 16.3. The molecule has 0 saturated heterocycles. The molecule has 468 valence electrons. The number of amides is 2. The van der Waals surface area contributed by atoms with E-state index in [4.69, 9.17) is 52.1 Å². The fourth-order valence-electron chi connectivity index (χ4n) is 12.2. The minimum atomic E-state index is -1.27. The van der Waals surface area contributed by atoms with Gasteiger partial charge in [-0.05, 0) is 113 Å². The number of fused-ring (bicyclic) bond motifs is 2. The molecule has 8 N–H and O–H groups in total. The summed E-state index contributed by atoms with van der Waals surface area (Å²) in [5, 5.41) is 32.5. The van der Waals surface area contributed by atoms with E-state index in [1.54, 1.807) is 52.7 Å². The first-order valence-electron chi connectivity index (χ1n) is 28.4. The Morgan fingerprint density at radius 1 is 0.528 bits per heavy atom. The Balaban J connectivity index is 0.000000360. The standard InChI is InChI=1S/2C32H36ClN3O5S.2Na.3H2O/c2*1-18-12-19(2)30-21(13-18)14-24(36(30)17-28(37)38)31(39)35-32-34-29(22-15-26(41-4)23(33)16-25(22)40-3)27(42-32)11-10-20-8-6-5-7-9-20;;;;;/h2*12-16,20H,5-11,17H2,1-4H3,(H,37,38)(H,34,35,39);;;3*1H2/q;;2*+1;;;/p-2. The molecule has 0 spiro atoms. The third kappa shape index (κ3) is 18.1. The maximum Gasteiger partial charge on any atom is 1.00 e. The minimum Gasteiger partial charge on any atom is -0.548 e. The van der Waals surface area contributed by atoms with Gasteiger partial charge < -0.3 is 64.3 Å². The van der Waals surface area contributed by atoms with Gasteiger partial charge in [-0.2, -0.15) is 0 Å². The molecule has 8 aromatic rings. The van der Waals surface area contributed by atoms with Gasteiger partial charge in [-0.3, -0.25) is 20.2 Å². The molecule has 2 aliphatic carbocycles. The topological polar surface area (TPSA) is 306 Å². The predicted molar refractivity (Wildman–Crippen MR) is 341 cm³/mol. The number of halogens is 2. The van der Waals surface area contributed by atoms with Crippen LogP contribution in [0.15, 0.2) is 60.7 Å². The first-order valence-corrected chi connectivity index (χ1v) is 30.8. The molecule has 4 aromatic carbocycles. The van der Waals surface area contributed by atoms with Crippen molar-refractivity contribution in [3.05, 3.63) is 114 Å². The van der Waals surface area contributed by atoms with Crippen molar-refractivity contribution in [3.63, 3.8) is 0 Å². The number of nitrogens with zero attached hydrogens (tertiary/aromatic N) is 4. The summed E-state index contributed by atoms with van der Waals surface area (Å²) in [7, 11) is 6.28. The number of rotatable bonds is 20. The van der Waals surface area contributed by atoms with E-state index >= 15 is 0 Å². The van der Waals surface area contributed by atoms with Gasteiger partial charge in [-0.15, -0.1) is 22.7 Å². The molecule has 2 saturated carbocycles. The van der Waals surface area contributed by atoms with Crippen molar-refractivity contribution in [3.8, 4) is 45.5 Å². The van der Waals surface area contributed by atoms with Crippen LogP contribution < -0.4 is 98.9 Å². The average molecular weight is 1320 g/mol. The SMILES string of the molecule is COc1cc(-c2nc(NC(=O)c3cc4cc(C)cc(C)c4n3CC(=O)[O-])sc2CCC2CCCCC2)c(OC)cc1Cl.COc1cc(-c2nc(NC(=O)c3cc4cc(C)cc(C)c4n3CC(=O)[O-])sc2CCC2CCCCC2)c(OC)cc1Cl.O.O.O.[Na+].[Na+]. The predicted octanol–water partition coefficient (Wildman–Crippen LogP) is 4.67. The summed E-state index contributed by atoms with van der Waals surface area (Å²) in [4.78, 5) is 62.5. The van der Waals surface area contributed by atoms with Gasteiger partial charge in [-0.1, -0.05) is 111 Å². The molecule has 4 aromatic heterocycles. The molecule has 0 unspecified atom stereocenters. The molecule has 0 aliphatic heterocycles. The molecule has 2 amide bonds. The number of thiazole rings is 2. The van der Waals surface area contributed by atoms with Gasteiger partial charge in [0.2, 0.25) is 0 Å². The van der Waals surface area contributed by atoms with E-state index in [1.165, 1.54) is 96.0 Å². The van der Waals surface area contributed by atoms with Crippen LogP contribution in [0.2, 0.25) is 10.0 Å². The molecule has 2 aliphatic rings. The number of carbonyl (C=O) groups excluding carboxylic acids is 4. The van der Waals surface area contributed by atoms with Gasteiger partial charge in [-0.25, -0.2) is 9.97 Å². The van der Waals surface area contributed by atoms with Gasteiger partial charge in [0, 0.05) is 43.8 Å². The second-order valence-electron chi connectivity index (χ2n) is 22.0. The molecule has 0 bridgehead atoms. The molecule has 0 radical (unpaired) electrons. The van der Waals surface area contributed by atoms with Crippen molar-refractivity contribution < 1.29 is 124 Å². The normalized spacial score (nSPS) is 13.1. The van der Waals surface area contributed by atoms with Crippen molar-refractivity contribution in [2.45, 2.75) is 131 Å². The van der Waals surface area contributed by atoms with E-state index < -0.39 is 36.8 Å². The summed E-state index contributed by atoms with van der Waals surface area (Å²) in [6, 6.07) is 18.3. The van der Waals surface area contributed by atoms with Crippen molar-refractivity contribution in [1.29, 1.82) is 0 Å². The Morgan fingerprint density at radius 2 is 0.876 bits per heavy atom. The van der Waals surface area contributed by atoms with Gasteiger partial charge >= 0.3 is 59.1 Å². The van der Waals surface area contributed by atoms with Crippen LogP contribution in [-0.4, -0.2) is 87.7 Å². The summed E-state index contributed by atoms with van der Waals surface area (Å²) in [5.41, 5.74) is 8.54. The number of nitrogens with one attached hydrogen (secondary N) is 2. The van der Waals surface area contributed by atoms with Gasteiger partial charge in [0.1, 0.15) is 34.4 Å². The third-order valence-electron chi connectivity index (χ3n) is 16.0. The smallest absolute Gasteiger partial charge is 0.548 e. The first-order chi connectivity index (χ1) is 40.4. The monoisotopic (exact) mass is 1320 g/mol. The average Bonchev–Trinajstić information content (AvgIpc) is 2.40. The van der Waals surface area contributed by atoms with Crippen molar-refractivity contribution in [1.82, 2.24) is 19.1 Å². The summed E-state index contributed by atoms with van der Waals surface area (Å²) in [6.45, 7) is 6.87. The number of aliphatic carboxylic acids is 2. The van der Waals surface area contributed by atoms with Crippen LogP contribution in [0.3, 0.4) is 0 Å². The van der Waals surface area contributed by atoms with Gasteiger partial charge in [0.25, 0.3) is 11.8 Å². The largest absolute Gasteiger partial charge is 1.00 e. The Labute approximate surface area is 580 Å². The number of carbonyl (C=O) groups is 4. The Morgan fingerprint density at radius 3 is 1.20 bits per heavy atom. The molecule has 19 nitrogen and oxygen atoms in total. The maximum atomic E-state index is 13.7. The second-order valence-corrected chi connectivity index (χ2v) is 24.9. The quantitative estimate of drug-likeness (QED) is 0.0985. The van der Waals surface area contributed by atoms with Crippen LogP contribution in [-0.2, 0) is 35.5 Å². The summed E-state index contributed by atoms with van der Waals surface area (Å²) in [5.74, 6) is 0.0298. The third-order valence-corrected chi connectivity index (χ3v) is 18.6. The molecule has 0 atom stereocenters. The minimum absolute atomic E-state index is 0. The molecule has 10 rings (SSSR count). The van der Waals surface area contributed by atoms with Crippen molar-refractivity contribution >= 4 is 102 Å². The van der Waals surface area contributed by atoms with E-state index in [9.17, 15) is 29.4 Å². The second kappa shape index (κ2) is 34.4. The molecular formula is C64H76Cl2N6Na2O13S2. The first kappa shape index (κ1) is 76.2. The molecule has 25 heteroatoms. The molecule has 2 fully saturated rings. The van der Waals surface area contributed by atoms with Crippen LogP contribution in [0.4, 0.5) is 10.3 Å². The van der Waals surface area contributed by atoms with E-state index in [-0.39, 0.29) is 86.9 Å². The van der Waals surface area contributed by atoms with Crippen LogP contribution in [0.25, 0.3) is 44.3 Å². The van der Waals surface area contributed by atoms with E-state index in [0.29, 0.717) is 77.6 Å². The molecule has 89 heavy (non-hydrogen) atoms. The van der Waals surface area contributed by atoms with Crippen molar-refractivity contribution in [2.24, 2.45) is 11.8 Å². The number of carboxylic acids is 2. The molecular weight excluding hydrogens is 1240 g/mol. The van der Waals surface area contributed by atoms with Crippen LogP contribution in [0, 0.1) is 39.5 Å². The summed E-state index contributed by atoms with van der Waals surface area (Å²) >= 11 is 15.6. The Kier molecular flexibility index (Phi) is 29.5. The Hall–Kier alpha value is -5.24. The number of hydrogen-bond donors (Lipinski definition) is 2. The maximum absolute atomic E-state index is 13.7. The van der Waals surface area contributed by atoms with E-state index in [0.717, 1.165) is 79.6 Å². The number of hydrogen-bond acceptors (Lipinski definition) is 14. The number of aromatic nitrogens is 4. The fraction of sp³-hybridized carbons (Fsp3) is 0.406. The zero-order valence-corrected chi connectivity index (χ0v) is 59.3. The number of ether oxygens (including phenoxy) is 4. The molecule has 4 heterocycles. The number of carboxylic acid groups (broad SMARTS) is 2. The summed E-state index contributed by atoms with van der Waals surface area (Å²) < 4.78 is 25.3. The van der Waals surface area contributed by atoms with E-state index in [2.05, 4.69) is 10.6 Å².